The number of carbonyl (C=O) groups excluding carboxylic acids is 2. The van der Waals surface area contributed by atoms with Crippen molar-refractivity contribution in [1.29, 1.82) is 5.26 Å². The normalized spacial score (nSPS) is 15.0. The molecule has 0 aliphatic heterocycles. The number of rotatable bonds is 6. The second kappa shape index (κ2) is 10.2. The van der Waals surface area contributed by atoms with Gasteiger partial charge in [0, 0.05) is 41.2 Å². The summed E-state index contributed by atoms with van der Waals surface area (Å²) in [6, 6.07) is 9.72. The maximum absolute atomic E-state index is 12.3. The van der Waals surface area contributed by atoms with Crippen LogP contribution in [0.3, 0.4) is 0 Å². The molecule has 9 heteroatoms. The van der Waals surface area contributed by atoms with Crippen LogP contribution in [0.5, 0.6) is 0 Å². The van der Waals surface area contributed by atoms with Gasteiger partial charge < -0.3 is 15.4 Å². The van der Waals surface area contributed by atoms with Crippen LogP contribution in [0.25, 0.3) is 6.08 Å². The average molecular weight is 465 g/mol. The van der Waals surface area contributed by atoms with Gasteiger partial charge in [-0.2, -0.15) is 5.26 Å². The predicted octanol–water partition coefficient (Wildman–Crippen LogP) is 4.51. The van der Waals surface area contributed by atoms with Gasteiger partial charge in [-0.15, -0.1) is 22.7 Å². The largest absolute Gasteiger partial charge is 0.446 e. The van der Waals surface area contributed by atoms with Gasteiger partial charge in [-0.25, -0.2) is 4.79 Å². The highest BCUT2D eigenvalue weighted by Crippen LogP contribution is 2.38. The second-order valence-electron chi connectivity index (χ2n) is 7.14. The Morgan fingerprint density at radius 3 is 2.91 bits per heavy atom. The number of hydrogen-bond acceptors (Lipinski definition) is 7. The van der Waals surface area contributed by atoms with Crippen LogP contribution in [-0.4, -0.2) is 23.1 Å². The summed E-state index contributed by atoms with van der Waals surface area (Å²) in [5.74, 6) is -0.281. The molecule has 7 nitrogen and oxygen atoms in total. The van der Waals surface area contributed by atoms with E-state index in [1.54, 1.807) is 29.8 Å². The third-order valence-corrected chi connectivity index (χ3v) is 6.98. The molecule has 0 fully saturated rings. The molecule has 1 aliphatic rings. The lowest BCUT2D eigenvalue weighted by molar-refractivity contribution is -0.111. The fourth-order valence-corrected chi connectivity index (χ4v) is 5.31. The van der Waals surface area contributed by atoms with Crippen molar-refractivity contribution in [1.82, 2.24) is 10.3 Å². The van der Waals surface area contributed by atoms with Crippen molar-refractivity contribution in [3.63, 3.8) is 0 Å². The Morgan fingerprint density at radius 2 is 2.16 bits per heavy atom. The van der Waals surface area contributed by atoms with E-state index in [2.05, 4.69) is 21.7 Å². The fraction of sp³-hybridized carbons (Fsp3) is 0.217. The summed E-state index contributed by atoms with van der Waals surface area (Å²) in [4.78, 5) is 30.4. The molecular formula is C23H20N4O3S2. The number of nitrogens with zero attached hydrogens (tertiary/aromatic N) is 2. The molecule has 0 spiro atoms. The molecule has 0 bridgehead atoms. The highest BCUT2D eigenvalue weighted by Gasteiger charge is 2.28. The number of alkyl carbamates (subject to hydrolysis) is 1. The van der Waals surface area contributed by atoms with Crippen molar-refractivity contribution in [3.05, 3.63) is 74.6 Å². The van der Waals surface area contributed by atoms with E-state index in [1.165, 1.54) is 17.4 Å². The molecular weight excluding hydrogens is 444 g/mol. The number of thiophene rings is 2. The summed E-state index contributed by atoms with van der Waals surface area (Å²) in [6.07, 6.45) is 7.58. The Morgan fingerprint density at radius 1 is 1.31 bits per heavy atom. The SMILES string of the molecule is N#Cc1c(NC(=O)C=Cc2cccs2)sc2c1CCC(OC(=O)NCc1ccncc1)C2. The number of ether oxygens (including phenoxy) is 1. The number of nitriles is 1. The van der Waals surface area contributed by atoms with Gasteiger partial charge in [-0.3, -0.25) is 9.78 Å². The Kier molecular flexibility index (Phi) is 6.94. The van der Waals surface area contributed by atoms with Crippen LogP contribution in [0.1, 0.15) is 32.9 Å². The highest BCUT2D eigenvalue weighted by atomic mass is 32.1. The zero-order valence-corrected chi connectivity index (χ0v) is 18.7. The van der Waals surface area contributed by atoms with Crippen LogP contribution in [0.2, 0.25) is 0 Å². The van der Waals surface area contributed by atoms with E-state index >= 15 is 0 Å². The van der Waals surface area contributed by atoms with Crippen molar-refractivity contribution in [3.8, 4) is 6.07 Å². The lowest BCUT2D eigenvalue weighted by Crippen LogP contribution is -2.31. The summed E-state index contributed by atoms with van der Waals surface area (Å²) in [5.41, 5.74) is 2.38. The number of nitrogens with one attached hydrogen (secondary N) is 2. The quantitative estimate of drug-likeness (QED) is 0.522. The molecule has 0 saturated carbocycles. The van der Waals surface area contributed by atoms with Crippen molar-refractivity contribution in [2.45, 2.75) is 31.9 Å². The molecule has 1 unspecified atom stereocenters. The molecule has 2 N–H and O–H groups in total. The summed E-state index contributed by atoms with van der Waals surface area (Å²) < 4.78 is 5.57. The third kappa shape index (κ3) is 5.41. The molecule has 32 heavy (non-hydrogen) atoms. The van der Waals surface area contributed by atoms with Gasteiger partial charge in [-0.1, -0.05) is 6.07 Å². The maximum atomic E-state index is 12.3. The van der Waals surface area contributed by atoms with Crippen LogP contribution in [-0.2, 0) is 28.9 Å². The second-order valence-corrected chi connectivity index (χ2v) is 9.22. The summed E-state index contributed by atoms with van der Waals surface area (Å²) >= 11 is 2.92. The van der Waals surface area contributed by atoms with E-state index in [-0.39, 0.29) is 12.0 Å². The third-order valence-electron chi connectivity index (χ3n) is 4.97. The first kappa shape index (κ1) is 21.7. The van der Waals surface area contributed by atoms with Gasteiger partial charge in [0.1, 0.15) is 17.2 Å². The van der Waals surface area contributed by atoms with Crippen LogP contribution < -0.4 is 10.6 Å². The van der Waals surface area contributed by atoms with Crippen LogP contribution in [0.4, 0.5) is 9.80 Å². The zero-order chi connectivity index (χ0) is 22.3. The van der Waals surface area contributed by atoms with E-state index < -0.39 is 6.09 Å². The van der Waals surface area contributed by atoms with Crippen LogP contribution in [0.15, 0.2) is 48.1 Å². The number of fused-ring (bicyclic) bond motifs is 1. The fourth-order valence-electron chi connectivity index (χ4n) is 3.43. The van der Waals surface area contributed by atoms with E-state index in [0.717, 1.165) is 20.9 Å². The van der Waals surface area contributed by atoms with Gasteiger partial charge in [0.05, 0.1) is 5.56 Å². The van der Waals surface area contributed by atoms with Gasteiger partial charge in [0.2, 0.25) is 5.91 Å². The number of anilines is 1. The van der Waals surface area contributed by atoms with E-state index in [0.29, 0.717) is 36.4 Å². The van der Waals surface area contributed by atoms with E-state index in [9.17, 15) is 14.9 Å². The van der Waals surface area contributed by atoms with Crippen molar-refractivity contribution >= 4 is 45.8 Å². The Bertz CT molecular complexity index is 1160. The molecule has 0 aromatic carbocycles. The van der Waals surface area contributed by atoms with E-state index in [4.69, 9.17) is 4.74 Å². The minimum Gasteiger partial charge on any atom is -0.446 e. The summed E-state index contributed by atoms with van der Waals surface area (Å²) in [7, 11) is 0. The van der Waals surface area contributed by atoms with Gasteiger partial charge in [-0.05, 0) is 53.6 Å². The maximum Gasteiger partial charge on any atom is 0.407 e. The minimum absolute atomic E-state index is 0.271. The van der Waals surface area contributed by atoms with Crippen LogP contribution >= 0.6 is 22.7 Å². The Labute approximate surface area is 193 Å². The molecule has 3 aromatic heterocycles. The van der Waals surface area contributed by atoms with Crippen molar-refractivity contribution < 1.29 is 14.3 Å². The first-order valence-corrected chi connectivity index (χ1v) is 11.7. The number of amides is 2. The van der Waals surface area contributed by atoms with Gasteiger partial charge in [0.25, 0.3) is 0 Å². The first-order valence-electron chi connectivity index (χ1n) is 10.0. The zero-order valence-electron chi connectivity index (χ0n) is 17.0. The number of hydrogen-bond donors (Lipinski definition) is 2. The van der Waals surface area contributed by atoms with Gasteiger partial charge >= 0.3 is 6.09 Å². The lowest BCUT2D eigenvalue weighted by Gasteiger charge is -2.22. The minimum atomic E-state index is -0.473. The van der Waals surface area contributed by atoms with E-state index in [1.807, 2.05) is 29.6 Å². The Balaban J connectivity index is 1.36. The van der Waals surface area contributed by atoms with Crippen LogP contribution in [0, 0.1) is 11.3 Å². The molecule has 1 atom stereocenters. The van der Waals surface area contributed by atoms with Crippen molar-refractivity contribution in [2.24, 2.45) is 0 Å². The molecule has 2 amide bonds. The first-order chi connectivity index (χ1) is 15.6. The lowest BCUT2D eigenvalue weighted by atomic mass is 9.94. The number of pyridine rings is 1. The molecule has 4 rings (SSSR count). The number of carbonyl (C=O) groups is 2. The predicted molar refractivity (Wildman–Crippen MR) is 124 cm³/mol. The molecule has 3 heterocycles. The van der Waals surface area contributed by atoms with Crippen molar-refractivity contribution in [2.75, 3.05) is 5.32 Å². The molecule has 0 saturated heterocycles. The highest BCUT2D eigenvalue weighted by molar-refractivity contribution is 7.16. The molecule has 162 valence electrons. The Hall–Kier alpha value is -3.48. The number of aromatic nitrogens is 1. The monoisotopic (exact) mass is 464 g/mol. The summed E-state index contributed by atoms with van der Waals surface area (Å²) in [5, 5.41) is 17.7. The molecule has 3 aromatic rings. The molecule has 1 aliphatic carbocycles. The topological polar surface area (TPSA) is 104 Å². The summed E-state index contributed by atoms with van der Waals surface area (Å²) in [6.45, 7) is 0.367. The van der Waals surface area contributed by atoms with Gasteiger partial charge in [0.15, 0.2) is 0 Å². The smallest absolute Gasteiger partial charge is 0.407 e. The standard InChI is InChI=1S/C23H20N4O3S2/c24-13-19-18-5-3-16(30-23(29)26-14-15-7-9-25-10-8-15)12-20(18)32-22(19)27-21(28)6-4-17-2-1-11-31-17/h1-2,4,6-11,16H,3,5,12,14H2,(H,26,29)(H,27,28). The molecule has 0 radical (unpaired) electrons. The average Bonchev–Trinajstić information content (AvgIpc) is 3.44.